The monoisotopic (exact) mass is 270 g/mol. The molecule has 0 saturated heterocycles. The van der Waals surface area contributed by atoms with Gasteiger partial charge in [-0.05, 0) is 24.0 Å². The van der Waals surface area contributed by atoms with E-state index in [4.69, 9.17) is 0 Å². The van der Waals surface area contributed by atoms with Crippen molar-refractivity contribution in [3.05, 3.63) is 47.8 Å². The molecule has 0 atom stereocenters. The van der Waals surface area contributed by atoms with E-state index in [-0.39, 0.29) is 12.5 Å². The molecule has 0 radical (unpaired) electrons. The van der Waals surface area contributed by atoms with Crippen LogP contribution in [0.3, 0.4) is 0 Å². The maximum absolute atomic E-state index is 11.3. The van der Waals surface area contributed by atoms with Crippen molar-refractivity contribution in [2.45, 2.75) is 25.4 Å². The number of likely N-dealkylation sites (N-methyl/N-ethyl adjacent to an activating group) is 1. The molecule has 1 amide bonds. The molecule has 0 unspecified atom stereocenters. The fourth-order valence-corrected chi connectivity index (χ4v) is 2.65. The second-order valence-corrected chi connectivity index (χ2v) is 5.12. The first kappa shape index (κ1) is 12.7. The van der Waals surface area contributed by atoms with Crippen LogP contribution in [0.25, 0.3) is 0 Å². The summed E-state index contributed by atoms with van der Waals surface area (Å²) in [6, 6.07) is 8.95. The number of carbonyl (C=O) groups is 1. The highest BCUT2D eigenvalue weighted by atomic mass is 16.1. The van der Waals surface area contributed by atoms with Crippen LogP contribution >= 0.6 is 0 Å². The van der Waals surface area contributed by atoms with Crippen molar-refractivity contribution in [2.75, 3.05) is 12.4 Å². The minimum Gasteiger partial charge on any atom is -0.379 e. The van der Waals surface area contributed by atoms with E-state index in [1.165, 1.54) is 11.1 Å². The van der Waals surface area contributed by atoms with E-state index in [1.54, 1.807) is 17.9 Å². The van der Waals surface area contributed by atoms with Gasteiger partial charge >= 0.3 is 0 Å². The lowest BCUT2D eigenvalue weighted by Crippen LogP contribution is -2.23. The first-order valence-corrected chi connectivity index (χ1v) is 6.81. The van der Waals surface area contributed by atoms with E-state index in [0.717, 1.165) is 18.5 Å². The van der Waals surface area contributed by atoms with Gasteiger partial charge in [0.2, 0.25) is 5.91 Å². The maximum atomic E-state index is 11.3. The van der Waals surface area contributed by atoms with E-state index in [1.807, 2.05) is 6.20 Å². The molecular weight excluding hydrogens is 252 g/mol. The summed E-state index contributed by atoms with van der Waals surface area (Å²) >= 11 is 0. The lowest BCUT2D eigenvalue weighted by molar-refractivity contribution is -0.121. The number of benzene rings is 1. The Balaban J connectivity index is 1.61. The van der Waals surface area contributed by atoms with Gasteiger partial charge in [0.25, 0.3) is 0 Å². The number of aromatic nitrogens is 2. The maximum Gasteiger partial charge on any atom is 0.241 e. The number of hydrogen-bond acceptors (Lipinski definition) is 3. The van der Waals surface area contributed by atoms with E-state index < -0.39 is 0 Å². The molecule has 0 spiro atoms. The molecule has 1 heterocycles. The van der Waals surface area contributed by atoms with Crippen LogP contribution in [0, 0.1) is 0 Å². The third-order valence-corrected chi connectivity index (χ3v) is 3.64. The number of rotatable bonds is 4. The number of nitrogens with one attached hydrogen (secondary N) is 2. The zero-order valence-electron chi connectivity index (χ0n) is 11.5. The third-order valence-electron chi connectivity index (χ3n) is 3.64. The largest absolute Gasteiger partial charge is 0.379 e. The van der Waals surface area contributed by atoms with Gasteiger partial charge in [0.05, 0.1) is 11.9 Å². The van der Waals surface area contributed by atoms with Crippen LogP contribution in [0.1, 0.15) is 11.1 Å². The smallest absolute Gasteiger partial charge is 0.241 e. The lowest BCUT2D eigenvalue weighted by atomic mass is 10.1. The molecule has 1 aliphatic rings. The summed E-state index contributed by atoms with van der Waals surface area (Å²) in [7, 11) is 1.63. The van der Waals surface area contributed by atoms with Gasteiger partial charge < -0.3 is 10.6 Å². The zero-order chi connectivity index (χ0) is 13.9. The number of carbonyl (C=O) groups excluding carboxylic acids is 1. The minimum atomic E-state index is -0.0482. The fourth-order valence-electron chi connectivity index (χ4n) is 2.65. The highest BCUT2D eigenvalue weighted by Crippen LogP contribution is 2.24. The molecular formula is C15H18N4O. The molecule has 2 N–H and O–H groups in total. The topological polar surface area (TPSA) is 59.0 Å². The third kappa shape index (κ3) is 2.66. The first-order valence-electron chi connectivity index (χ1n) is 6.81. The molecule has 104 valence electrons. The normalized spacial score (nSPS) is 14.1. The summed E-state index contributed by atoms with van der Waals surface area (Å²) in [6.45, 7) is 0.253. The lowest BCUT2D eigenvalue weighted by Gasteiger charge is -2.10. The summed E-state index contributed by atoms with van der Waals surface area (Å²) in [5, 5.41) is 10.3. The van der Waals surface area contributed by atoms with Gasteiger partial charge in [-0.15, -0.1) is 0 Å². The van der Waals surface area contributed by atoms with Crippen molar-refractivity contribution in [2.24, 2.45) is 0 Å². The van der Waals surface area contributed by atoms with Crippen LogP contribution in [-0.2, 0) is 24.2 Å². The Labute approximate surface area is 118 Å². The Morgan fingerprint density at radius 1 is 1.35 bits per heavy atom. The van der Waals surface area contributed by atoms with Crippen LogP contribution in [0.4, 0.5) is 5.69 Å². The quantitative estimate of drug-likeness (QED) is 0.878. The first-order chi connectivity index (χ1) is 9.74. The molecule has 5 nitrogen and oxygen atoms in total. The molecule has 0 aliphatic heterocycles. The molecule has 1 aromatic carbocycles. The predicted octanol–water partition coefficient (Wildman–Crippen LogP) is 1.21. The highest BCUT2D eigenvalue weighted by molar-refractivity contribution is 5.75. The van der Waals surface area contributed by atoms with Crippen molar-refractivity contribution in [1.82, 2.24) is 15.1 Å². The van der Waals surface area contributed by atoms with E-state index >= 15 is 0 Å². The zero-order valence-corrected chi connectivity index (χ0v) is 11.5. The average Bonchev–Trinajstić information content (AvgIpc) is 3.05. The molecule has 3 rings (SSSR count). The second kappa shape index (κ2) is 5.36. The summed E-state index contributed by atoms with van der Waals surface area (Å²) < 4.78 is 1.64. The average molecular weight is 270 g/mol. The van der Waals surface area contributed by atoms with Gasteiger partial charge in [-0.3, -0.25) is 9.48 Å². The molecule has 0 saturated carbocycles. The van der Waals surface area contributed by atoms with Crippen molar-refractivity contribution in [1.29, 1.82) is 0 Å². The predicted molar refractivity (Wildman–Crippen MR) is 77.6 cm³/mol. The molecule has 1 aromatic heterocycles. The van der Waals surface area contributed by atoms with Crippen molar-refractivity contribution in [3.63, 3.8) is 0 Å². The van der Waals surface area contributed by atoms with Crippen LogP contribution < -0.4 is 10.6 Å². The van der Waals surface area contributed by atoms with Gasteiger partial charge in [-0.1, -0.05) is 24.3 Å². The molecule has 2 aromatic rings. The van der Waals surface area contributed by atoms with E-state index in [0.29, 0.717) is 6.04 Å². The number of fused-ring (bicyclic) bond motifs is 1. The van der Waals surface area contributed by atoms with Gasteiger partial charge in [0, 0.05) is 19.3 Å². The Bertz CT molecular complexity index is 595. The van der Waals surface area contributed by atoms with Crippen LogP contribution in [0.5, 0.6) is 0 Å². The van der Waals surface area contributed by atoms with Crippen molar-refractivity contribution in [3.8, 4) is 0 Å². The van der Waals surface area contributed by atoms with Crippen LogP contribution in [0.15, 0.2) is 36.7 Å². The van der Waals surface area contributed by atoms with Crippen molar-refractivity contribution >= 4 is 11.6 Å². The Morgan fingerprint density at radius 2 is 2.05 bits per heavy atom. The van der Waals surface area contributed by atoms with Crippen LogP contribution in [-0.4, -0.2) is 28.8 Å². The van der Waals surface area contributed by atoms with E-state index in [9.17, 15) is 4.79 Å². The summed E-state index contributed by atoms with van der Waals surface area (Å²) in [5.74, 6) is -0.0482. The van der Waals surface area contributed by atoms with E-state index in [2.05, 4.69) is 40.0 Å². The number of anilines is 1. The van der Waals surface area contributed by atoms with Gasteiger partial charge in [-0.2, -0.15) is 5.10 Å². The summed E-state index contributed by atoms with van der Waals surface area (Å²) in [6.07, 6.45) is 5.72. The number of hydrogen-bond donors (Lipinski definition) is 2. The SMILES string of the molecule is CNC(=O)Cn1cc(NC2Cc3ccccc3C2)cn1. The molecule has 0 bridgehead atoms. The Kier molecular flexibility index (Phi) is 3.41. The van der Waals surface area contributed by atoms with Gasteiger partial charge in [0.1, 0.15) is 6.54 Å². The minimum absolute atomic E-state index is 0.0482. The van der Waals surface area contributed by atoms with Gasteiger partial charge in [-0.25, -0.2) is 0 Å². The Morgan fingerprint density at radius 3 is 2.70 bits per heavy atom. The fraction of sp³-hybridized carbons (Fsp3) is 0.333. The molecule has 5 heteroatoms. The molecule has 1 aliphatic carbocycles. The highest BCUT2D eigenvalue weighted by Gasteiger charge is 2.20. The number of amides is 1. The van der Waals surface area contributed by atoms with Gasteiger partial charge in [0.15, 0.2) is 0 Å². The van der Waals surface area contributed by atoms with Crippen LogP contribution in [0.2, 0.25) is 0 Å². The number of nitrogens with zero attached hydrogens (tertiary/aromatic N) is 2. The summed E-state index contributed by atoms with van der Waals surface area (Å²) in [4.78, 5) is 11.3. The standard InChI is InChI=1S/C15H18N4O/c1-16-15(20)10-19-9-14(8-17-19)18-13-6-11-4-2-3-5-12(11)7-13/h2-5,8-9,13,18H,6-7,10H2,1H3,(H,16,20). The van der Waals surface area contributed by atoms with Crippen molar-refractivity contribution < 1.29 is 4.79 Å². The molecule has 0 fully saturated rings. The summed E-state index contributed by atoms with van der Waals surface area (Å²) in [5.41, 5.74) is 3.80. The second-order valence-electron chi connectivity index (χ2n) is 5.12. The molecule has 20 heavy (non-hydrogen) atoms. The Hall–Kier alpha value is -2.30.